The molecule has 2 N–H and O–H groups in total. The molecule has 21 heavy (non-hydrogen) atoms. The summed E-state index contributed by atoms with van der Waals surface area (Å²) in [4.78, 5) is 20.0. The molecule has 0 atom stereocenters. The fraction of sp³-hybridized carbons (Fsp3) is 0.429. The molecule has 2 rings (SSSR count). The Balaban J connectivity index is 2.08. The molecule has 0 aliphatic heterocycles. The van der Waals surface area contributed by atoms with E-state index in [0.717, 1.165) is 5.56 Å². The maximum absolute atomic E-state index is 11.5. The summed E-state index contributed by atoms with van der Waals surface area (Å²) in [6.45, 7) is 7.01. The number of aromatic nitrogens is 4. The van der Waals surface area contributed by atoms with Gasteiger partial charge >= 0.3 is 0 Å². The van der Waals surface area contributed by atoms with Crippen molar-refractivity contribution in [3.8, 4) is 5.95 Å². The van der Waals surface area contributed by atoms with Crippen LogP contribution in [0, 0.1) is 0 Å². The Kier molecular flexibility index (Phi) is 4.32. The quantitative estimate of drug-likeness (QED) is 0.873. The Bertz CT molecular complexity index is 611. The number of carbonyl (C=O) groups excluding carboxylic acids is 1. The highest BCUT2D eigenvalue weighted by molar-refractivity contribution is 5.91. The lowest BCUT2D eigenvalue weighted by Crippen LogP contribution is -2.35. The second-order valence-corrected chi connectivity index (χ2v) is 5.72. The van der Waals surface area contributed by atoms with Gasteiger partial charge in [0, 0.05) is 43.3 Å². The monoisotopic (exact) mass is 288 g/mol. The van der Waals surface area contributed by atoms with Crippen LogP contribution in [0.25, 0.3) is 5.95 Å². The van der Waals surface area contributed by atoms with Crippen LogP contribution >= 0.6 is 0 Å². The minimum absolute atomic E-state index is 0.0447. The Morgan fingerprint density at radius 2 is 1.95 bits per heavy atom. The molecule has 0 bridgehead atoms. The summed E-state index contributed by atoms with van der Waals surface area (Å²) in [6, 6.07) is 1.62. The van der Waals surface area contributed by atoms with Crippen molar-refractivity contribution in [2.45, 2.75) is 32.9 Å². The first kappa shape index (κ1) is 15.1. The predicted octanol–water partition coefficient (Wildman–Crippen LogP) is 0.910. The zero-order valence-electron chi connectivity index (χ0n) is 12.7. The summed E-state index contributed by atoms with van der Waals surface area (Å²) in [7, 11) is 1.56. The summed E-state index contributed by atoms with van der Waals surface area (Å²) in [6.07, 6.45) is 5.16. The van der Waals surface area contributed by atoms with Gasteiger partial charge in [-0.3, -0.25) is 4.79 Å². The first-order chi connectivity index (χ1) is 9.89. The Morgan fingerprint density at radius 3 is 2.52 bits per heavy atom. The van der Waals surface area contributed by atoms with E-state index < -0.39 is 0 Å². The second kappa shape index (κ2) is 6.01. The van der Waals surface area contributed by atoms with E-state index in [2.05, 4.69) is 46.5 Å². The van der Waals surface area contributed by atoms with Crippen molar-refractivity contribution in [3.05, 3.63) is 35.9 Å². The lowest BCUT2D eigenvalue weighted by Gasteiger charge is -2.20. The summed E-state index contributed by atoms with van der Waals surface area (Å²) >= 11 is 0. The highest BCUT2D eigenvalue weighted by Gasteiger charge is 2.11. The molecule has 0 spiro atoms. The van der Waals surface area contributed by atoms with E-state index in [1.54, 1.807) is 31.7 Å². The third-order valence-electron chi connectivity index (χ3n) is 2.77. The van der Waals surface area contributed by atoms with Gasteiger partial charge in [0.15, 0.2) is 5.69 Å². The van der Waals surface area contributed by atoms with Gasteiger partial charge in [0.1, 0.15) is 0 Å². The molecule has 7 heteroatoms. The van der Waals surface area contributed by atoms with Gasteiger partial charge in [0.05, 0.1) is 0 Å². The SMILES string of the molecule is CNC(=O)c1ccn(-c2ncc(CNC(C)(C)C)cn2)n1. The molecular weight excluding hydrogens is 268 g/mol. The van der Waals surface area contributed by atoms with Crippen molar-refractivity contribution < 1.29 is 4.79 Å². The van der Waals surface area contributed by atoms with Crippen molar-refractivity contribution in [2.24, 2.45) is 0 Å². The smallest absolute Gasteiger partial charge is 0.271 e. The first-order valence-electron chi connectivity index (χ1n) is 6.73. The number of amides is 1. The third kappa shape index (κ3) is 4.09. The van der Waals surface area contributed by atoms with Crippen LogP contribution in [0.5, 0.6) is 0 Å². The van der Waals surface area contributed by atoms with Crippen LogP contribution in [-0.4, -0.2) is 38.2 Å². The highest BCUT2D eigenvalue weighted by Crippen LogP contribution is 2.05. The van der Waals surface area contributed by atoms with Crippen LogP contribution in [0.3, 0.4) is 0 Å². The van der Waals surface area contributed by atoms with Gasteiger partial charge in [-0.15, -0.1) is 0 Å². The van der Waals surface area contributed by atoms with Gasteiger partial charge in [-0.05, 0) is 26.8 Å². The molecule has 2 heterocycles. The molecule has 112 valence electrons. The molecule has 0 aliphatic rings. The average molecular weight is 288 g/mol. The molecule has 0 unspecified atom stereocenters. The Morgan fingerprint density at radius 1 is 1.29 bits per heavy atom. The first-order valence-corrected chi connectivity index (χ1v) is 6.73. The molecule has 0 aromatic carbocycles. The van der Waals surface area contributed by atoms with Crippen molar-refractivity contribution in [1.29, 1.82) is 0 Å². The summed E-state index contributed by atoms with van der Waals surface area (Å²) in [5, 5.41) is 10.0. The minimum atomic E-state index is -0.236. The normalized spacial score (nSPS) is 11.4. The van der Waals surface area contributed by atoms with Gasteiger partial charge in [-0.25, -0.2) is 14.6 Å². The second-order valence-electron chi connectivity index (χ2n) is 5.72. The van der Waals surface area contributed by atoms with Crippen molar-refractivity contribution in [2.75, 3.05) is 7.05 Å². The number of nitrogens with zero attached hydrogens (tertiary/aromatic N) is 4. The molecule has 1 amide bonds. The standard InChI is InChI=1S/C14H20N6O/c1-14(2,3)18-9-10-7-16-13(17-8-10)20-6-5-11(19-20)12(21)15-4/h5-8,18H,9H2,1-4H3,(H,15,21). The zero-order valence-corrected chi connectivity index (χ0v) is 12.7. The van der Waals surface area contributed by atoms with Crippen LogP contribution in [0.4, 0.5) is 0 Å². The molecule has 7 nitrogen and oxygen atoms in total. The van der Waals surface area contributed by atoms with Crippen LogP contribution < -0.4 is 10.6 Å². The number of carbonyl (C=O) groups is 1. The van der Waals surface area contributed by atoms with Crippen molar-refractivity contribution in [3.63, 3.8) is 0 Å². The number of hydrogen-bond donors (Lipinski definition) is 2. The van der Waals surface area contributed by atoms with Crippen LogP contribution in [-0.2, 0) is 6.54 Å². The number of rotatable bonds is 4. The molecule has 0 radical (unpaired) electrons. The van der Waals surface area contributed by atoms with Crippen LogP contribution in [0.2, 0.25) is 0 Å². The third-order valence-corrected chi connectivity index (χ3v) is 2.77. The fourth-order valence-electron chi connectivity index (χ4n) is 1.61. The molecule has 2 aromatic heterocycles. The average Bonchev–Trinajstić information content (AvgIpc) is 2.94. The molecule has 0 saturated carbocycles. The van der Waals surface area contributed by atoms with E-state index in [1.807, 2.05) is 0 Å². The van der Waals surface area contributed by atoms with Gasteiger partial charge < -0.3 is 10.6 Å². The lowest BCUT2D eigenvalue weighted by atomic mass is 10.1. The van der Waals surface area contributed by atoms with Gasteiger partial charge in [-0.1, -0.05) is 0 Å². The largest absolute Gasteiger partial charge is 0.354 e. The van der Waals surface area contributed by atoms with E-state index in [1.165, 1.54) is 4.68 Å². The number of nitrogens with one attached hydrogen (secondary N) is 2. The molecule has 0 aliphatic carbocycles. The molecule has 0 fully saturated rings. The molecular formula is C14H20N6O. The predicted molar refractivity (Wildman–Crippen MR) is 79.1 cm³/mol. The maximum atomic E-state index is 11.5. The minimum Gasteiger partial charge on any atom is -0.354 e. The van der Waals surface area contributed by atoms with Gasteiger partial charge in [-0.2, -0.15) is 5.10 Å². The van der Waals surface area contributed by atoms with Crippen molar-refractivity contribution >= 4 is 5.91 Å². The Hall–Kier alpha value is -2.28. The lowest BCUT2D eigenvalue weighted by molar-refractivity contribution is 0.0957. The van der Waals surface area contributed by atoms with Crippen LogP contribution in [0.15, 0.2) is 24.7 Å². The zero-order chi connectivity index (χ0) is 15.5. The summed E-state index contributed by atoms with van der Waals surface area (Å²) < 4.78 is 1.48. The molecule has 2 aromatic rings. The van der Waals surface area contributed by atoms with Gasteiger partial charge in [0.25, 0.3) is 5.91 Å². The fourth-order valence-corrected chi connectivity index (χ4v) is 1.61. The van der Waals surface area contributed by atoms with Crippen LogP contribution in [0.1, 0.15) is 36.8 Å². The topological polar surface area (TPSA) is 84.7 Å². The van der Waals surface area contributed by atoms with E-state index in [4.69, 9.17) is 0 Å². The van der Waals surface area contributed by atoms with Gasteiger partial charge in [0.2, 0.25) is 5.95 Å². The highest BCUT2D eigenvalue weighted by atomic mass is 16.1. The molecule has 0 saturated heterocycles. The number of hydrogen-bond acceptors (Lipinski definition) is 5. The van der Waals surface area contributed by atoms with E-state index in [-0.39, 0.29) is 11.4 Å². The summed E-state index contributed by atoms with van der Waals surface area (Å²) in [5.74, 6) is 0.199. The summed E-state index contributed by atoms with van der Waals surface area (Å²) in [5.41, 5.74) is 1.37. The van der Waals surface area contributed by atoms with E-state index >= 15 is 0 Å². The maximum Gasteiger partial charge on any atom is 0.271 e. The van der Waals surface area contributed by atoms with Crippen molar-refractivity contribution in [1.82, 2.24) is 30.4 Å². The van der Waals surface area contributed by atoms with E-state index in [0.29, 0.717) is 18.2 Å². The van der Waals surface area contributed by atoms with E-state index in [9.17, 15) is 4.79 Å². The Labute approximate surface area is 123 Å².